The zero-order valence-corrected chi connectivity index (χ0v) is 22.1. The highest BCUT2D eigenvalue weighted by molar-refractivity contribution is 6.17. The molecule has 4 aliphatic rings. The van der Waals surface area contributed by atoms with Gasteiger partial charge in [-0.1, -0.05) is 39.3 Å². The molecule has 188 valence electrons. The molecule has 0 aromatic heterocycles. The summed E-state index contributed by atoms with van der Waals surface area (Å²) in [6, 6.07) is 0. The summed E-state index contributed by atoms with van der Waals surface area (Å²) in [5.41, 5.74) is -2.77. The lowest BCUT2D eigenvalue weighted by molar-refractivity contribution is -0.219. The molecule has 0 bridgehead atoms. The summed E-state index contributed by atoms with van der Waals surface area (Å²) in [6.07, 6.45) is 5.05. The number of ketones is 1. The van der Waals surface area contributed by atoms with Crippen LogP contribution in [0.1, 0.15) is 81.1 Å². The molecule has 0 amide bonds. The summed E-state index contributed by atoms with van der Waals surface area (Å²) < 4.78 is 11.1. The third-order valence-corrected chi connectivity index (χ3v) is 10.9. The monoisotopic (exact) mass is 472 g/mol. The van der Waals surface area contributed by atoms with Crippen molar-refractivity contribution in [2.45, 2.75) is 87.2 Å². The number of allylic oxidation sites excluding steroid dienone is 3. The van der Waals surface area contributed by atoms with Crippen molar-refractivity contribution in [2.75, 3.05) is 7.11 Å². The molecule has 6 nitrogen and oxygen atoms in total. The minimum Gasteiger partial charge on any atom is -0.511 e. The molecule has 0 unspecified atom stereocenters. The molecule has 0 saturated heterocycles. The normalized spacial score (nSPS) is 45.0. The van der Waals surface area contributed by atoms with Crippen molar-refractivity contribution in [3.8, 4) is 0 Å². The Bertz CT molecular complexity index is 1040. The maximum atomic E-state index is 14.0. The Labute approximate surface area is 203 Å². The first-order valence-corrected chi connectivity index (χ1v) is 12.5. The highest BCUT2D eigenvalue weighted by Gasteiger charge is 2.80. The summed E-state index contributed by atoms with van der Waals surface area (Å²) in [7, 11) is 1.34. The Morgan fingerprint density at radius 1 is 1.06 bits per heavy atom. The molecule has 4 aliphatic carbocycles. The molecular weight excluding hydrogens is 432 g/mol. The van der Waals surface area contributed by atoms with Crippen LogP contribution in [-0.4, -0.2) is 36.0 Å². The van der Waals surface area contributed by atoms with Gasteiger partial charge in [0.25, 0.3) is 0 Å². The van der Waals surface area contributed by atoms with Gasteiger partial charge in [0.15, 0.2) is 11.2 Å². The Kier molecular flexibility index (Phi) is 5.30. The molecule has 7 atom stereocenters. The van der Waals surface area contributed by atoms with Crippen LogP contribution >= 0.6 is 0 Å². The number of Topliss-reactive ketones (excluding diaryl/α,β-unsaturated/α-hetero) is 1. The van der Waals surface area contributed by atoms with E-state index in [1.54, 1.807) is 6.92 Å². The SMILES string of the molecule is COC(=O)[C@@]12C(=O)C(C)=C(O)[C@]1(C)C(C)=C[C@H]1[C@]3(C)CC[C@H](OC(C)=O)C(C)(C)[C@H]3CC[C@@]12C. The van der Waals surface area contributed by atoms with Crippen molar-refractivity contribution in [1.29, 1.82) is 0 Å². The van der Waals surface area contributed by atoms with Gasteiger partial charge in [-0.15, -0.1) is 0 Å². The molecule has 0 aromatic carbocycles. The van der Waals surface area contributed by atoms with Gasteiger partial charge in [-0.25, -0.2) is 0 Å². The summed E-state index contributed by atoms with van der Waals surface area (Å²) in [4.78, 5) is 39.6. The molecule has 2 saturated carbocycles. The van der Waals surface area contributed by atoms with E-state index in [4.69, 9.17) is 9.47 Å². The standard InChI is InChI=1S/C28H40O6/c1-15-14-19-25(6)12-11-20(34-17(3)29)24(4,5)18(25)10-13-26(19,7)28(23(32)33-9)22(31)16(2)21(30)27(15,28)8/h14,18-20,30H,10-13H2,1-9H3/t18-,19+,20+,25-,26+,27+,28-/m1/s1. The lowest BCUT2D eigenvalue weighted by Gasteiger charge is -2.68. The molecule has 0 aliphatic heterocycles. The number of carbonyl (C=O) groups excluding carboxylic acids is 3. The smallest absolute Gasteiger partial charge is 0.321 e. The minimum absolute atomic E-state index is 0.0116. The fourth-order valence-corrected chi connectivity index (χ4v) is 9.25. The second-order valence-electron chi connectivity index (χ2n) is 12.5. The van der Waals surface area contributed by atoms with Gasteiger partial charge in [0.1, 0.15) is 11.9 Å². The highest BCUT2D eigenvalue weighted by atomic mass is 16.5. The molecule has 0 heterocycles. The predicted molar refractivity (Wildman–Crippen MR) is 128 cm³/mol. The minimum atomic E-state index is -1.52. The van der Waals surface area contributed by atoms with Gasteiger partial charge in [-0.3, -0.25) is 14.4 Å². The second kappa shape index (κ2) is 7.20. The Morgan fingerprint density at radius 2 is 1.68 bits per heavy atom. The largest absolute Gasteiger partial charge is 0.511 e. The fourth-order valence-electron chi connectivity index (χ4n) is 9.25. The fraction of sp³-hybridized carbons (Fsp3) is 0.750. The topological polar surface area (TPSA) is 89.9 Å². The number of hydrogen-bond acceptors (Lipinski definition) is 6. The number of methoxy groups -OCH3 is 1. The van der Waals surface area contributed by atoms with Crippen molar-refractivity contribution >= 4 is 17.7 Å². The van der Waals surface area contributed by atoms with E-state index in [0.717, 1.165) is 24.8 Å². The number of esters is 2. The number of aliphatic hydroxyl groups excluding tert-OH is 1. The van der Waals surface area contributed by atoms with Crippen molar-refractivity contribution in [3.05, 3.63) is 23.0 Å². The summed E-state index contributed by atoms with van der Waals surface area (Å²) >= 11 is 0. The van der Waals surface area contributed by atoms with E-state index in [0.29, 0.717) is 6.42 Å². The quantitative estimate of drug-likeness (QED) is 0.332. The van der Waals surface area contributed by atoms with Crippen LogP contribution in [0.15, 0.2) is 23.0 Å². The number of ether oxygens (including phenoxy) is 2. The van der Waals surface area contributed by atoms with Crippen LogP contribution in [0.4, 0.5) is 0 Å². The second-order valence-corrected chi connectivity index (χ2v) is 12.5. The molecule has 34 heavy (non-hydrogen) atoms. The Morgan fingerprint density at radius 3 is 2.24 bits per heavy atom. The number of rotatable bonds is 2. The van der Waals surface area contributed by atoms with Gasteiger partial charge in [0.2, 0.25) is 0 Å². The molecule has 4 rings (SSSR count). The lowest BCUT2D eigenvalue weighted by Crippen LogP contribution is -2.69. The number of hydrogen-bond donors (Lipinski definition) is 1. The third kappa shape index (κ3) is 2.50. The number of aliphatic hydroxyl groups is 1. The third-order valence-electron chi connectivity index (χ3n) is 10.9. The highest BCUT2D eigenvalue weighted by Crippen LogP contribution is 2.77. The van der Waals surface area contributed by atoms with Gasteiger partial charge >= 0.3 is 11.9 Å². The maximum Gasteiger partial charge on any atom is 0.321 e. The predicted octanol–water partition coefficient (Wildman–Crippen LogP) is 5.32. The van der Waals surface area contributed by atoms with Crippen molar-refractivity contribution in [1.82, 2.24) is 0 Å². The van der Waals surface area contributed by atoms with E-state index in [1.165, 1.54) is 14.0 Å². The van der Waals surface area contributed by atoms with Gasteiger partial charge in [0.05, 0.1) is 12.5 Å². The van der Waals surface area contributed by atoms with Crippen LogP contribution in [0.2, 0.25) is 0 Å². The first-order valence-electron chi connectivity index (χ1n) is 12.5. The van der Waals surface area contributed by atoms with Crippen LogP contribution in [-0.2, 0) is 23.9 Å². The van der Waals surface area contributed by atoms with E-state index in [-0.39, 0.29) is 51.9 Å². The molecular formula is C28H40O6. The van der Waals surface area contributed by atoms with Crippen LogP contribution in [0.3, 0.4) is 0 Å². The summed E-state index contributed by atoms with van der Waals surface area (Å²) in [5.74, 6) is -0.982. The van der Waals surface area contributed by atoms with Gasteiger partial charge < -0.3 is 14.6 Å². The average molecular weight is 473 g/mol. The van der Waals surface area contributed by atoms with E-state index in [1.807, 2.05) is 13.8 Å². The van der Waals surface area contributed by atoms with Crippen LogP contribution < -0.4 is 0 Å². The van der Waals surface area contributed by atoms with E-state index in [9.17, 15) is 19.5 Å². The zero-order valence-electron chi connectivity index (χ0n) is 22.1. The van der Waals surface area contributed by atoms with Gasteiger partial charge in [0, 0.05) is 17.9 Å². The molecule has 0 aromatic rings. The maximum absolute atomic E-state index is 14.0. The van der Waals surface area contributed by atoms with Crippen molar-refractivity contribution < 1.29 is 29.0 Å². The number of carbonyl (C=O) groups is 3. The van der Waals surface area contributed by atoms with Gasteiger partial charge in [-0.05, 0) is 69.1 Å². The van der Waals surface area contributed by atoms with Gasteiger partial charge in [-0.2, -0.15) is 0 Å². The first-order chi connectivity index (χ1) is 15.6. The van der Waals surface area contributed by atoms with E-state index >= 15 is 0 Å². The zero-order chi connectivity index (χ0) is 25.6. The summed E-state index contributed by atoms with van der Waals surface area (Å²) in [5, 5.41) is 11.3. The van der Waals surface area contributed by atoms with E-state index in [2.05, 4.69) is 33.8 Å². The number of fused-ring (bicyclic) bond motifs is 5. The Hall–Kier alpha value is -2.11. The Balaban J connectivity index is 1.94. The molecule has 2 fully saturated rings. The van der Waals surface area contributed by atoms with Crippen LogP contribution in [0, 0.1) is 38.9 Å². The summed E-state index contributed by atoms with van der Waals surface area (Å²) in [6.45, 7) is 15.6. The average Bonchev–Trinajstić information content (AvgIpc) is 2.91. The molecule has 1 N–H and O–H groups in total. The molecule has 0 spiro atoms. The van der Waals surface area contributed by atoms with E-state index < -0.39 is 22.2 Å². The first kappa shape index (κ1) is 25.0. The lowest BCUT2D eigenvalue weighted by atomic mass is 9.33. The van der Waals surface area contributed by atoms with Crippen molar-refractivity contribution in [2.24, 2.45) is 38.9 Å². The van der Waals surface area contributed by atoms with Crippen molar-refractivity contribution in [3.63, 3.8) is 0 Å². The molecule has 6 heteroatoms. The van der Waals surface area contributed by atoms with Crippen LogP contribution in [0.5, 0.6) is 0 Å². The molecule has 0 radical (unpaired) electrons. The van der Waals surface area contributed by atoms with Crippen LogP contribution in [0.25, 0.3) is 0 Å².